The molecule has 4 unspecified atom stereocenters. The molecule has 2 heterocycles. The summed E-state index contributed by atoms with van der Waals surface area (Å²) >= 11 is 12.5. The van der Waals surface area contributed by atoms with Gasteiger partial charge in [-0.05, 0) is 56.5 Å². The number of hydrogen-bond acceptors (Lipinski definition) is 5. The minimum absolute atomic E-state index is 0.223. The maximum absolute atomic E-state index is 15.5. The lowest BCUT2D eigenvalue weighted by Gasteiger charge is -2.42. The fraction of sp³-hybridized carbons (Fsp3) is 0.480. The lowest BCUT2D eigenvalue weighted by molar-refractivity contribution is -0.152. The third-order valence-corrected chi connectivity index (χ3v) is 7.32. The third kappa shape index (κ3) is 3.81. The minimum Gasteiger partial charge on any atom is -0.496 e. The van der Waals surface area contributed by atoms with Crippen molar-refractivity contribution in [3.05, 3.63) is 63.4 Å². The van der Waals surface area contributed by atoms with Gasteiger partial charge in [0.15, 0.2) is 5.72 Å². The highest BCUT2D eigenvalue weighted by atomic mass is 35.5. The number of rotatable bonds is 5. The molecule has 2 saturated heterocycles. The molecule has 4 atom stereocenters. The highest BCUT2D eigenvalue weighted by molar-refractivity contribution is 6.31. The molecule has 5 nitrogen and oxygen atoms in total. The molecule has 178 valence electrons. The highest BCUT2D eigenvalue weighted by Crippen LogP contribution is 2.58. The Bertz CT molecular complexity index is 1090. The molecule has 2 aliphatic heterocycles. The van der Waals surface area contributed by atoms with Crippen LogP contribution in [0.5, 0.6) is 5.75 Å². The predicted molar refractivity (Wildman–Crippen MR) is 127 cm³/mol. The number of fused-ring (bicyclic) bond motifs is 1. The average Bonchev–Trinajstić information content (AvgIpc) is 3.10. The number of cyclic esters (lactones) is 1. The number of benzene rings is 2. The van der Waals surface area contributed by atoms with Gasteiger partial charge in [0.1, 0.15) is 17.6 Å². The molecule has 2 aromatic carbocycles. The second-order valence-electron chi connectivity index (χ2n) is 9.79. The van der Waals surface area contributed by atoms with Gasteiger partial charge < -0.3 is 15.2 Å². The summed E-state index contributed by atoms with van der Waals surface area (Å²) in [6.07, 6.45) is 0.620. The number of nitrogens with two attached hydrogens (primary N) is 1. The van der Waals surface area contributed by atoms with Crippen LogP contribution in [0.4, 0.5) is 4.39 Å². The number of hydrogen-bond donors (Lipinski definition) is 1. The number of ether oxygens (including phenoxy) is 2. The summed E-state index contributed by atoms with van der Waals surface area (Å²) in [7, 11) is 1.54. The van der Waals surface area contributed by atoms with Crippen LogP contribution < -0.4 is 10.5 Å². The maximum Gasteiger partial charge on any atom is 0.325 e. The van der Waals surface area contributed by atoms with Gasteiger partial charge in [-0.1, -0.05) is 43.1 Å². The summed E-state index contributed by atoms with van der Waals surface area (Å²) in [5.41, 5.74) is 6.03. The Kier molecular flexibility index (Phi) is 6.19. The van der Waals surface area contributed by atoms with Crippen LogP contribution in [0.3, 0.4) is 0 Å². The van der Waals surface area contributed by atoms with E-state index >= 15 is 4.39 Å². The zero-order chi connectivity index (χ0) is 24.3. The topological polar surface area (TPSA) is 64.8 Å². The van der Waals surface area contributed by atoms with Crippen molar-refractivity contribution in [3.63, 3.8) is 0 Å². The van der Waals surface area contributed by atoms with Crippen LogP contribution in [0.25, 0.3) is 0 Å². The van der Waals surface area contributed by atoms with E-state index in [1.54, 1.807) is 37.4 Å². The van der Waals surface area contributed by atoms with Crippen molar-refractivity contribution < 1.29 is 18.7 Å². The van der Waals surface area contributed by atoms with Crippen LogP contribution in [-0.4, -0.2) is 35.8 Å². The summed E-state index contributed by atoms with van der Waals surface area (Å²) < 4.78 is 27.0. The molecule has 2 N–H and O–H groups in total. The fourth-order valence-corrected chi connectivity index (χ4v) is 6.03. The number of methoxy groups -OCH3 is 1. The normalized spacial score (nSPS) is 28.8. The Labute approximate surface area is 203 Å². The van der Waals surface area contributed by atoms with E-state index < -0.39 is 41.1 Å². The Hall–Kier alpha value is -1.86. The molecular weight excluding hydrogens is 466 g/mol. The SMILES string of the molecule is COc1ccc(Cl)cc1C1C2C(=O)OC(C)(C)N2C(CC(C)C)C1(N)c1ccc(Cl)cc1F. The maximum atomic E-state index is 15.5. The lowest BCUT2D eigenvalue weighted by atomic mass is 9.69. The number of esters is 1. The number of carbonyl (C=O) groups is 1. The van der Waals surface area contributed by atoms with E-state index in [2.05, 4.69) is 13.8 Å². The van der Waals surface area contributed by atoms with Gasteiger partial charge in [0, 0.05) is 33.1 Å². The van der Waals surface area contributed by atoms with E-state index in [1.165, 1.54) is 6.07 Å². The van der Waals surface area contributed by atoms with Gasteiger partial charge in [0.2, 0.25) is 0 Å². The van der Waals surface area contributed by atoms with Crippen LogP contribution in [0, 0.1) is 11.7 Å². The van der Waals surface area contributed by atoms with Crippen LogP contribution in [0.2, 0.25) is 10.0 Å². The summed E-state index contributed by atoms with van der Waals surface area (Å²) in [4.78, 5) is 15.3. The van der Waals surface area contributed by atoms with Gasteiger partial charge in [0.05, 0.1) is 12.6 Å². The molecular formula is C25H29Cl2FN2O3. The smallest absolute Gasteiger partial charge is 0.325 e. The molecule has 2 aliphatic rings. The van der Waals surface area contributed by atoms with Crippen molar-refractivity contribution in [3.8, 4) is 5.75 Å². The zero-order valence-corrected chi connectivity index (χ0v) is 20.9. The first kappa shape index (κ1) is 24.3. The zero-order valence-electron chi connectivity index (χ0n) is 19.4. The molecule has 4 rings (SSSR count). The van der Waals surface area contributed by atoms with Gasteiger partial charge >= 0.3 is 5.97 Å². The molecule has 0 spiro atoms. The Morgan fingerprint density at radius 3 is 2.42 bits per heavy atom. The van der Waals surface area contributed by atoms with Crippen LogP contribution in [-0.2, 0) is 15.1 Å². The van der Waals surface area contributed by atoms with Crippen LogP contribution in [0.1, 0.15) is 51.2 Å². The van der Waals surface area contributed by atoms with Crippen molar-refractivity contribution >= 4 is 29.2 Å². The molecule has 8 heteroatoms. The minimum atomic E-state index is -1.29. The first-order valence-electron chi connectivity index (χ1n) is 11.0. The van der Waals surface area contributed by atoms with E-state index in [9.17, 15) is 4.79 Å². The van der Waals surface area contributed by atoms with Gasteiger partial charge in [-0.15, -0.1) is 0 Å². The first-order chi connectivity index (χ1) is 15.4. The molecule has 2 fully saturated rings. The van der Waals surface area contributed by atoms with E-state index in [1.807, 2.05) is 18.7 Å². The average molecular weight is 495 g/mol. The van der Waals surface area contributed by atoms with E-state index in [0.29, 0.717) is 28.3 Å². The van der Waals surface area contributed by atoms with E-state index in [0.717, 1.165) is 0 Å². The molecule has 0 aliphatic carbocycles. The molecule has 33 heavy (non-hydrogen) atoms. The first-order valence-corrected chi connectivity index (χ1v) is 11.8. The van der Waals surface area contributed by atoms with Gasteiger partial charge in [-0.2, -0.15) is 0 Å². The highest BCUT2D eigenvalue weighted by Gasteiger charge is 2.69. The van der Waals surface area contributed by atoms with Gasteiger partial charge in [0.25, 0.3) is 0 Å². The molecule has 0 amide bonds. The monoisotopic (exact) mass is 494 g/mol. The Morgan fingerprint density at radius 1 is 1.18 bits per heavy atom. The van der Waals surface area contributed by atoms with E-state index in [-0.39, 0.29) is 10.9 Å². The largest absolute Gasteiger partial charge is 0.496 e. The quantitative estimate of drug-likeness (QED) is 0.558. The van der Waals surface area contributed by atoms with Gasteiger partial charge in [-0.3, -0.25) is 4.79 Å². The van der Waals surface area contributed by atoms with Crippen molar-refractivity contribution in [1.82, 2.24) is 4.90 Å². The summed E-state index contributed by atoms with van der Waals surface area (Å²) in [5, 5.41) is 0.740. The Morgan fingerprint density at radius 2 is 1.82 bits per heavy atom. The van der Waals surface area contributed by atoms with E-state index in [4.69, 9.17) is 38.4 Å². The van der Waals surface area contributed by atoms with Crippen molar-refractivity contribution in [2.24, 2.45) is 11.7 Å². The van der Waals surface area contributed by atoms with Crippen molar-refractivity contribution in [1.29, 1.82) is 0 Å². The third-order valence-electron chi connectivity index (χ3n) is 6.85. The molecule has 0 bridgehead atoms. The Balaban J connectivity index is 2.06. The summed E-state index contributed by atoms with van der Waals surface area (Å²) in [6, 6.07) is 8.55. The van der Waals surface area contributed by atoms with Gasteiger partial charge in [-0.25, -0.2) is 9.29 Å². The molecule has 0 saturated carbocycles. The molecule has 0 aromatic heterocycles. The fourth-order valence-electron chi connectivity index (χ4n) is 5.69. The van der Waals surface area contributed by atoms with Crippen LogP contribution in [0.15, 0.2) is 36.4 Å². The van der Waals surface area contributed by atoms with Crippen molar-refractivity contribution in [2.75, 3.05) is 7.11 Å². The predicted octanol–water partition coefficient (Wildman–Crippen LogP) is 5.47. The molecule has 0 radical (unpaired) electrons. The summed E-state index contributed by atoms with van der Waals surface area (Å²) in [6.45, 7) is 7.84. The van der Waals surface area contributed by atoms with Crippen LogP contribution >= 0.6 is 23.2 Å². The standard InChI is InChI=1S/C25H29Cl2FN2O3/c1-13(2)10-20-25(29,17-8-6-15(27)12-18(17)28)21(16-11-14(26)7-9-19(16)32-5)22-23(31)33-24(3,4)30(20)22/h6-9,11-13,20-22H,10,29H2,1-5H3. The number of halogens is 3. The number of carbonyl (C=O) groups excluding carboxylic acids is 1. The number of nitrogens with zero attached hydrogens (tertiary/aromatic N) is 1. The second kappa shape index (κ2) is 8.42. The second-order valence-corrected chi connectivity index (χ2v) is 10.7. The lowest BCUT2D eigenvalue weighted by Crippen LogP contribution is -2.56. The van der Waals surface area contributed by atoms with Crippen molar-refractivity contribution in [2.45, 2.75) is 63.4 Å². The summed E-state index contributed by atoms with van der Waals surface area (Å²) in [5.74, 6) is -0.851. The molecule has 2 aromatic rings.